The topological polar surface area (TPSA) is 569 Å². The van der Waals surface area contributed by atoms with E-state index >= 15 is 9.59 Å². The third-order valence-corrected chi connectivity index (χ3v) is 22.6. The Labute approximate surface area is 721 Å². The van der Waals surface area contributed by atoms with E-state index in [1.807, 2.05) is 50.2 Å². The van der Waals surface area contributed by atoms with Gasteiger partial charge in [0.05, 0.1) is 44.0 Å². The van der Waals surface area contributed by atoms with Crippen LogP contribution in [0.1, 0.15) is 137 Å². The fourth-order valence-electron chi connectivity index (χ4n) is 16.2. The van der Waals surface area contributed by atoms with Gasteiger partial charge in [0, 0.05) is 131 Å². The van der Waals surface area contributed by atoms with Gasteiger partial charge in [0.25, 0.3) is 0 Å². The zero-order valence-corrected chi connectivity index (χ0v) is 69.0. The number of aliphatic hydroxyl groups excluding tert-OH is 1. The predicted molar refractivity (Wildman–Crippen MR) is 469 cm³/mol. The van der Waals surface area contributed by atoms with Crippen LogP contribution in [0.3, 0.4) is 0 Å². The number of nitrogens with two attached hydrogens (primary N) is 3. The molecule has 0 bridgehead atoms. The summed E-state index contributed by atoms with van der Waals surface area (Å²) in [6, 6.07) is 29.5. The highest BCUT2D eigenvalue weighted by Crippen LogP contribution is 2.40. The van der Waals surface area contributed by atoms with Crippen LogP contribution < -0.4 is 49.1 Å². The number of carboxylic acids is 2. The fraction of sp³-hybridized carbons (Fsp3) is 0.352. The largest absolute Gasteiger partial charge is 0.508 e. The molecule has 9 atom stereocenters. The van der Waals surface area contributed by atoms with E-state index in [0.717, 1.165) is 16.4 Å². The number of phenolic OH excluding ortho intramolecular Hbond substituents is 1. The highest BCUT2D eigenvalue weighted by molar-refractivity contribution is 6.04. The average Bonchev–Trinajstić information content (AvgIpc) is 1.16. The molecule has 9 unspecified atom stereocenters. The van der Waals surface area contributed by atoms with E-state index < -0.39 is 150 Å². The summed E-state index contributed by atoms with van der Waals surface area (Å²) in [5.74, 6) is -13.5. The number of likely N-dealkylation sites (tertiary alicyclic amines) is 1. The zero-order valence-electron chi connectivity index (χ0n) is 69.0. The molecule has 21 N–H and O–H groups in total. The lowest BCUT2D eigenvalue weighted by atomic mass is 9.89. The summed E-state index contributed by atoms with van der Waals surface area (Å²) in [5, 5.41) is 82.0. The number of hydrogen-bond acceptors (Lipinski definition) is 20. The van der Waals surface area contributed by atoms with Crippen LogP contribution in [0, 0.1) is 23.7 Å². The predicted octanol–water partition coefficient (Wildman–Crippen LogP) is 6.15. The van der Waals surface area contributed by atoms with Crippen molar-refractivity contribution in [1.82, 2.24) is 56.7 Å². The first-order valence-corrected chi connectivity index (χ1v) is 41.3. The van der Waals surface area contributed by atoms with Crippen LogP contribution in [0.25, 0.3) is 43.4 Å². The van der Waals surface area contributed by atoms with Gasteiger partial charge in [-0.05, 0) is 132 Å². The molecule has 2 aliphatic rings. The smallest absolute Gasteiger partial charge is 0.339 e. The number of carbonyl (C=O) groups excluding carboxylic acids is 11. The van der Waals surface area contributed by atoms with Crippen molar-refractivity contribution in [2.45, 2.75) is 146 Å². The van der Waals surface area contributed by atoms with Crippen LogP contribution in [0.4, 0.5) is 0 Å². The normalized spacial score (nSPS) is 15.6. The van der Waals surface area contributed by atoms with E-state index in [2.05, 4.69) is 56.8 Å². The molecule has 662 valence electrons. The summed E-state index contributed by atoms with van der Waals surface area (Å²) < 4.78 is 0. The Hall–Kier alpha value is -14.2. The molecule has 7 amide bonds. The number of aromatic amines is 3. The van der Waals surface area contributed by atoms with Crippen LogP contribution in [-0.2, 0) is 84.8 Å². The molecule has 1 aliphatic heterocycles. The van der Waals surface area contributed by atoms with Crippen molar-refractivity contribution < 1.29 is 97.2 Å². The summed E-state index contributed by atoms with van der Waals surface area (Å²) in [4.78, 5) is 196. The lowest BCUT2D eigenvalue weighted by Gasteiger charge is -2.28. The van der Waals surface area contributed by atoms with E-state index in [-0.39, 0.29) is 128 Å². The summed E-state index contributed by atoms with van der Waals surface area (Å²) in [5.41, 5.74) is 20.2. The molecule has 12 rings (SSSR count). The monoisotopic (exact) mass is 1720 g/mol. The number of carboxylic acid groups (broad SMARTS) is 2. The number of nitrogens with zero attached hydrogens (tertiary/aromatic N) is 3. The number of aliphatic imine (C=N–C) groups is 1. The van der Waals surface area contributed by atoms with Crippen molar-refractivity contribution in [2.75, 3.05) is 32.8 Å². The molecule has 125 heavy (non-hydrogen) atoms. The zero-order chi connectivity index (χ0) is 89.7. The number of nitrogens with one attached hydrogen (secondary N) is 9. The van der Waals surface area contributed by atoms with Crippen LogP contribution in [0.15, 0.2) is 163 Å². The molecule has 34 heteroatoms. The first-order valence-electron chi connectivity index (χ1n) is 41.3. The minimum atomic E-state index is -1.66. The quantitative estimate of drug-likeness (QED) is 0.0116. The molecule has 7 aromatic carbocycles. The number of para-hydroxylation sites is 2. The van der Waals surface area contributed by atoms with Crippen molar-refractivity contribution >= 4 is 126 Å². The molecule has 1 saturated carbocycles. The van der Waals surface area contributed by atoms with Gasteiger partial charge >= 0.3 is 11.9 Å². The van der Waals surface area contributed by atoms with Gasteiger partial charge in [-0.15, -0.1) is 0 Å². The minimum Gasteiger partial charge on any atom is -0.508 e. The third kappa shape index (κ3) is 24.2. The standard InChI is InChI=1S/C68H87N15O13.C23H16O6.3H2/c1-38(2)23-53(64(93)78-52(13-7-21-73-68(70)71)60(89)35-83-22-8-14-57(83)67(96)76-34-61(69)90)81-65(94)54(27-43-31-74-50-11-5-3-9-48(43)50)79-62(91)41(24-39-15-18-46(85)19-16-39)30-59(88)56(36-84)82-66(95)55(28-44-32-75-51-12-6-4-10-49(44)51)80-63(92)42(25-45-33-72-37-77-45)29-58(87)40-17-20-47(86)26-40;24-20-16(14-7-3-1-5-12(14)9-18(20)22(26)27)11-17-15-8-4-2-6-13(15)10-19(21(17)25)23(28)29;;;/h3-6,9-12,15-16,18-19,31-33,37-38,40-42,52-57,74-75,84-85H,7-8,13-14,17,20-30,34-36H2,1-2H3,(H2,69,90)(H,72,77)(H,76,96)(H,78,93)(H,79,91)(H,80,92)(H,81,94)(H,82,95)(H4,70,71,73);1-10,24-25H,11H2,(H,26,27)(H,28,29);3*1H. The molecular formula is C91H109N15O19. The molecule has 10 aromatic rings. The van der Waals surface area contributed by atoms with Crippen LogP contribution in [0.5, 0.6) is 17.2 Å². The molecule has 1 saturated heterocycles. The van der Waals surface area contributed by atoms with Crippen molar-refractivity contribution in [2.24, 2.45) is 45.9 Å². The fourth-order valence-corrected chi connectivity index (χ4v) is 16.2. The average molecular weight is 1720 g/mol. The number of H-pyrrole nitrogens is 3. The SMILES string of the molecule is CC(C)CC(NC(=O)C(Cc1c[nH]c2ccccc12)NC(=O)C(CC(=O)C(CO)NC(=O)C(Cc1c[nH]c2ccccc12)NC(=O)C(CC(=O)C1CCC(=O)C1)Cc1cnc[nH]1)Cc1ccc(O)cc1)C(=O)NC(CCCN=C(N)N)C(=O)CN1CCCC1C(=O)NCC(N)=O.O=C(O)c1cc2ccccc2c(Cc2c(O)c(C(=O)O)cc3ccccc23)c1O.[HH].[HH].[HH]. The van der Waals surface area contributed by atoms with Crippen LogP contribution in [0.2, 0.25) is 0 Å². The number of aromatic hydroxyl groups is 3. The summed E-state index contributed by atoms with van der Waals surface area (Å²) in [7, 11) is 0. The second-order valence-electron chi connectivity index (χ2n) is 32.1. The van der Waals surface area contributed by atoms with E-state index in [1.165, 1.54) is 36.8 Å². The van der Waals surface area contributed by atoms with Crippen molar-refractivity contribution in [1.29, 1.82) is 0 Å². The number of amides is 7. The first kappa shape index (κ1) is 91.6. The lowest BCUT2D eigenvalue weighted by molar-refractivity contribution is -0.136. The highest BCUT2D eigenvalue weighted by Gasteiger charge is 2.40. The summed E-state index contributed by atoms with van der Waals surface area (Å²) in [6.07, 6.45) is 7.00. The molecule has 2 fully saturated rings. The maximum atomic E-state index is 15.2. The maximum Gasteiger partial charge on any atom is 0.339 e. The number of aromatic carboxylic acids is 2. The number of guanidine groups is 1. The Bertz CT molecular complexity index is 5600. The Morgan fingerprint density at radius 2 is 1.11 bits per heavy atom. The van der Waals surface area contributed by atoms with Gasteiger partial charge in [0.1, 0.15) is 64.1 Å². The number of rotatable bonds is 41. The van der Waals surface area contributed by atoms with Gasteiger partial charge in [-0.3, -0.25) is 62.6 Å². The molecule has 1 aliphatic carbocycles. The van der Waals surface area contributed by atoms with Crippen LogP contribution in [-0.4, -0.2) is 207 Å². The maximum absolute atomic E-state index is 15.2. The molecule has 0 radical (unpaired) electrons. The third-order valence-electron chi connectivity index (χ3n) is 22.6. The van der Waals surface area contributed by atoms with Crippen molar-refractivity contribution in [3.63, 3.8) is 0 Å². The second-order valence-corrected chi connectivity index (χ2v) is 32.1. The molecular weight excluding hydrogens is 1610 g/mol. The number of aromatic nitrogens is 4. The number of aliphatic hydroxyl groups is 1. The second kappa shape index (κ2) is 42.6. The van der Waals surface area contributed by atoms with Gasteiger partial charge < -0.3 is 94.7 Å². The Morgan fingerprint density at radius 3 is 1.62 bits per heavy atom. The number of ketones is 4. The molecule has 34 nitrogen and oxygen atoms in total. The van der Waals surface area contributed by atoms with Gasteiger partial charge in [0.2, 0.25) is 41.4 Å². The van der Waals surface area contributed by atoms with Gasteiger partial charge in [-0.2, -0.15) is 0 Å². The summed E-state index contributed by atoms with van der Waals surface area (Å²) in [6.45, 7) is 2.53. The number of phenols is 3. The number of carbonyl (C=O) groups is 13. The van der Waals surface area contributed by atoms with E-state index in [0.29, 0.717) is 86.2 Å². The first-order chi connectivity index (χ1) is 59.9. The molecule has 4 heterocycles. The number of hydrogen-bond donors (Lipinski definition) is 18. The Balaban J connectivity index is 0.000000531. The number of fused-ring (bicyclic) bond motifs is 4. The molecule has 3 aromatic heterocycles. The number of benzene rings is 7. The molecule has 0 spiro atoms. The summed E-state index contributed by atoms with van der Waals surface area (Å²) >= 11 is 0. The van der Waals surface area contributed by atoms with Gasteiger partial charge in [0.15, 0.2) is 17.5 Å². The highest BCUT2D eigenvalue weighted by atomic mass is 16.4. The van der Waals surface area contributed by atoms with Crippen LogP contribution >= 0.6 is 0 Å². The van der Waals surface area contributed by atoms with Gasteiger partial charge in [-0.25, -0.2) is 14.6 Å². The number of primary amides is 1. The van der Waals surface area contributed by atoms with E-state index in [1.54, 1.807) is 90.1 Å². The van der Waals surface area contributed by atoms with Gasteiger partial charge in [-0.1, -0.05) is 111 Å². The minimum absolute atomic E-state index is 0. The Morgan fingerprint density at radius 1 is 0.592 bits per heavy atom. The lowest BCUT2D eigenvalue weighted by Crippen LogP contribution is -2.58. The van der Waals surface area contributed by atoms with E-state index in [9.17, 15) is 83.4 Å². The van der Waals surface area contributed by atoms with Crippen molar-refractivity contribution in [3.05, 3.63) is 203 Å². The Kier molecular flexibility index (Phi) is 31.2. The number of Topliss-reactive ketones (excluding diaryl/α,β-unsaturated/α-hetero) is 4. The number of imidazole rings is 1. The van der Waals surface area contributed by atoms with E-state index in [4.69, 9.17) is 17.2 Å². The van der Waals surface area contributed by atoms with Crippen molar-refractivity contribution in [3.8, 4) is 17.2 Å².